The molecule has 1 aliphatic heterocycles. The first kappa shape index (κ1) is 13.1. The minimum Gasteiger partial charge on any atom is -0.390 e. The Morgan fingerprint density at radius 3 is 3.05 bits per heavy atom. The number of aromatic nitrogens is 1. The molecule has 0 aromatic carbocycles. The van der Waals surface area contributed by atoms with Crippen LogP contribution >= 0.6 is 0 Å². The smallest absolute Gasteiger partial charge is 0.0688 e. The lowest BCUT2D eigenvalue weighted by Gasteiger charge is -2.40. The minimum absolute atomic E-state index is 0.415. The highest BCUT2D eigenvalue weighted by Crippen LogP contribution is 2.44. The van der Waals surface area contributed by atoms with E-state index in [2.05, 4.69) is 22.9 Å². The van der Waals surface area contributed by atoms with Gasteiger partial charge in [-0.2, -0.15) is 0 Å². The molecule has 3 nitrogen and oxygen atoms in total. The van der Waals surface area contributed by atoms with Gasteiger partial charge in [-0.05, 0) is 37.3 Å². The van der Waals surface area contributed by atoms with Gasteiger partial charge in [0.15, 0.2) is 0 Å². The molecule has 0 spiro atoms. The molecule has 1 aliphatic carbocycles. The standard InChI is InChI=1S/C16H24N2O/c1-2-16(19)8-5-6-13-10-18(12-15(13)16)11-14-7-3-4-9-17-14/h3-4,7,9,13,15,19H,2,5-6,8,10-12H2,1H3/t13-,15+,16-/m1/s1. The molecule has 1 saturated heterocycles. The van der Waals surface area contributed by atoms with Crippen molar-refractivity contribution >= 4 is 0 Å². The third-order valence-electron chi connectivity index (χ3n) is 5.12. The second-order valence-electron chi connectivity index (χ2n) is 6.23. The molecule has 3 rings (SSSR count). The van der Waals surface area contributed by atoms with Crippen LogP contribution in [-0.4, -0.2) is 33.7 Å². The van der Waals surface area contributed by atoms with Gasteiger partial charge in [0.05, 0.1) is 11.3 Å². The van der Waals surface area contributed by atoms with Crippen LogP contribution in [-0.2, 0) is 6.54 Å². The summed E-state index contributed by atoms with van der Waals surface area (Å²) in [5.74, 6) is 1.15. The van der Waals surface area contributed by atoms with Gasteiger partial charge in [-0.15, -0.1) is 0 Å². The fourth-order valence-corrected chi connectivity index (χ4v) is 4.01. The zero-order valence-corrected chi connectivity index (χ0v) is 11.8. The van der Waals surface area contributed by atoms with Crippen molar-refractivity contribution in [2.75, 3.05) is 13.1 Å². The Morgan fingerprint density at radius 1 is 1.42 bits per heavy atom. The Balaban J connectivity index is 1.69. The first-order valence-corrected chi connectivity index (χ1v) is 7.56. The van der Waals surface area contributed by atoms with Crippen LogP contribution in [0.2, 0.25) is 0 Å². The third kappa shape index (κ3) is 2.54. The predicted octanol–water partition coefficient (Wildman–Crippen LogP) is 2.45. The molecule has 0 unspecified atom stereocenters. The van der Waals surface area contributed by atoms with Crippen LogP contribution < -0.4 is 0 Å². The average Bonchev–Trinajstić information content (AvgIpc) is 2.84. The fourth-order valence-electron chi connectivity index (χ4n) is 4.01. The van der Waals surface area contributed by atoms with Crippen LogP contribution in [0.5, 0.6) is 0 Å². The summed E-state index contributed by atoms with van der Waals surface area (Å²) in [7, 11) is 0. The van der Waals surface area contributed by atoms with E-state index < -0.39 is 5.60 Å². The molecule has 104 valence electrons. The van der Waals surface area contributed by atoms with Gasteiger partial charge in [0, 0.05) is 31.7 Å². The minimum atomic E-state index is -0.415. The molecule has 1 aromatic rings. The van der Waals surface area contributed by atoms with Crippen LogP contribution in [0.4, 0.5) is 0 Å². The Morgan fingerprint density at radius 2 is 2.32 bits per heavy atom. The summed E-state index contributed by atoms with van der Waals surface area (Å²) in [6, 6.07) is 6.10. The largest absolute Gasteiger partial charge is 0.390 e. The molecule has 1 N–H and O–H groups in total. The van der Waals surface area contributed by atoms with Gasteiger partial charge in [0.2, 0.25) is 0 Å². The van der Waals surface area contributed by atoms with Gasteiger partial charge < -0.3 is 5.11 Å². The number of nitrogens with zero attached hydrogens (tertiary/aromatic N) is 2. The van der Waals surface area contributed by atoms with E-state index in [9.17, 15) is 5.11 Å². The van der Waals surface area contributed by atoms with E-state index in [0.29, 0.717) is 11.8 Å². The highest BCUT2D eigenvalue weighted by molar-refractivity contribution is 5.06. The summed E-state index contributed by atoms with van der Waals surface area (Å²) in [6.45, 7) is 5.21. The van der Waals surface area contributed by atoms with Crippen molar-refractivity contribution in [3.8, 4) is 0 Å². The molecule has 3 heteroatoms. The monoisotopic (exact) mass is 260 g/mol. The van der Waals surface area contributed by atoms with E-state index in [-0.39, 0.29) is 0 Å². The zero-order valence-electron chi connectivity index (χ0n) is 11.8. The van der Waals surface area contributed by atoms with E-state index >= 15 is 0 Å². The van der Waals surface area contributed by atoms with Crippen LogP contribution in [0.3, 0.4) is 0 Å². The number of pyridine rings is 1. The summed E-state index contributed by atoms with van der Waals surface area (Å²) < 4.78 is 0. The van der Waals surface area contributed by atoms with E-state index in [1.165, 1.54) is 12.8 Å². The van der Waals surface area contributed by atoms with Crippen molar-refractivity contribution in [2.45, 2.75) is 44.8 Å². The normalized spacial score (nSPS) is 35.3. The molecule has 2 aliphatic rings. The SMILES string of the molecule is CC[C@@]1(O)CCC[C@@H]2CN(Cc3ccccn3)C[C@@H]21. The molecule has 0 bridgehead atoms. The molecule has 1 saturated carbocycles. The lowest BCUT2D eigenvalue weighted by molar-refractivity contribution is -0.0613. The van der Waals surface area contributed by atoms with Crippen LogP contribution in [0, 0.1) is 11.8 Å². The van der Waals surface area contributed by atoms with Crippen LogP contribution in [0.25, 0.3) is 0 Å². The summed E-state index contributed by atoms with van der Waals surface area (Å²) >= 11 is 0. The maximum atomic E-state index is 10.8. The number of rotatable bonds is 3. The van der Waals surface area contributed by atoms with E-state index in [4.69, 9.17) is 0 Å². The van der Waals surface area contributed by atoms with Gasteiger partial charge in [0.1, 0.15) is 0 Å². The molecule has 2 heterocycles. The van der Waals surface area contributed by atoms with Crippen molar-refractivity contribution in [2.24, 2.45) is 11.8 Å². The van der Waals surface area contributed by atoms with Crippen molar-refractivity contribution in [3.63, 3.8) is 0 Å². The van der Waals surface area contributed by atoms with Crippen molar-refractivity contribution in [1.29, 1.82) is 0 Å². The summed E-state index contributed by atoms with van der Waals surface area (Å²) in [5, 5.41) is 10.8. The predicted molar refractivity (Wildman–Crippen MR) is 75.6 cm³/mol. The van der Waals surface area contributed by atoms with Gasteiger partial charge in [-0.1, -0.05) is 19.4 Å². The third-order valence-corrected chi connectivity index (χ3v) is 5.12. The molecule has 2 fully saturated rings. The van der Waals surface area contributed by atoms with Crippen molar-refractivity contribution in [3.05, 3.63) is 30.1 Å². The molecule has 0 amide bonds. The quantitative estimate of drug-likeness (QED) is 0.907. The highest BCUT2D eigenvalue weighted by atomic mass is 16.3. The zero-order chi connectivity index (χ0) is 13.3. The Bertz CT molecular complexity index is 422. The van der Waals surface area contributed by atoms with Crippen LogP contribution in [0.15, 0.2) is 24.4 Å². The number of aliphatic hydroxyl groups is 1. The van der Waals surface area contributed by atoms with E-state index in [0.717, 1.165) is 38.2 Å². The number of likely N-dealkylation sites (tertiary alicyclic amines) is 1. The van der Waals surface area contributed by atoms with E-state index in [1.807, 2.05) is 18.3 Å². The van der Waals surface area contributed by atoms with Gasteiger partial charge >= 0.3 is 0 Å². The molecule has 19 heavy (non-hydrogen) atoms. The summed E-state index contributed by atoms with van der Waals surface area (Å²) in [5.41, 5.74) is 0.725. The van der Waals surface area contributed by atoms with Gasteiger partial charge in [0.25, 0.3) is 0 Å². The number of hydrogen-bond acceptors (Lipinski definition) is 3. The molecule has 0 radical (unpaired) electrons. The topological polar surface area (TPSA) is 36.4 Å². The van der Waals surface area contributed by atoms with Gasteiger partial charge in [-0.3, -0.25) is 9.88 Å². The summed E-state index contributed by atoms with van der Waals surface area (Å²) in [4.78, 5) is 6.89. The lowest BCUT2D eigenvalue weighted by Crippen LogP contribution is -2.44. The maximum absolute atomic E-state index is 10.8. The second kappa shape index (κ2) is 5.22. The molecular formula is C16H24N2O. The van der Waals surface area contributed by atoms with Crippen LogP contribution in [0.1, 0.15) is 38.3 Å². The lowest BCUT2D eigenvalue weighted by atomic mass is 9.69. The number of hydrogen-bond donors (Lipinski definition) is 1. The highest BCUT2D eigenvalue weighted by Gasteiger charge is 2.47. The molecular weight excluding hydrogens is 236 g/mol. The average molecular weight is 260 g/mol. The molecule has 3 atom stereocenters. The number of fused-ring (bicyclic) bond motifs is 1. The van der Waals surface area contributed by atoms with Crippen molar-refractivity contribution in [1.82, 2.24) is 9.88 Å². The van der Waals surface area contributed by atoms with Crippen molar-refractivity contribution < 1.29 is 5.11 Å². The maximum Gasteiger partial charge on any atom is 0.0688 e. The van der Waals surface area contributed by atoms with Gasteiger partial charge in [-0.25, -0.2) is 0 Å². The Labute approximate surface area is 115 Å². The summed E-state index contributed by atoms with van der Waals surface area (Å²) in [6.07, 6.45) is 6.21. The first-order chi connectivity index (χ1) is 9.21. The fraction of sp³-hybridized carbons (Fsp3) is 0.688. The first-order valence-electron chi connectivity index (χ1n) is 7.56. The Hall–Kier alpha value is -0.930. The second-order valence-corrected chi connectivity index (χ2v) is 6.23. The van der Waals surface area contributed by atoms with E-state index in [1.54, 1.807) is 0 Å². The molecule has 1 aromatic heterocycles. The Kier molecular flexibility index (Phi) is 3.59.